The van der Waals surface area contributed by atoms with Crippen molar-refractivity contribution in [1.82, 2.24) is 9.80 Å². The van der Waals surface area contributed by atoms with Crippen LogP contribution in [-0.4, -0.2) is 46.6 Å². The Balaban J connectivity index is 1.91. The zero-order valence-electron chi connectivity index (χ0n) is 19.2. The number of amides is 2. The molecule has 0 spiro atoms. The van der Waals surface area contributed by atoms with E-state index in [0.717, 1.165) is 12.0 Å². The number of hydrogen-bond acceptors (Lipinski definition) is 3. The molecule has 1 aromatic heterocycles. The molecule has 1 unspecified atom stereocenters. The van der Waals surface area contributed by atoms with E-state index in [0.29, 0.717) is 6.54 Å². The number of carbonyl (C=O) groups is 2. The van der Waals surface area contributed by atoms with Gasteiger partial charge in [-0.1, -0.05) is 45.0 Å². The highest BCUT2D eigenvalue weighted by molar-refractivity contribution is 7.10. The molecule has 3 rings (SSSR count). The number of benzene rings is 1. The Bertz CT molecular complexity index is 914. The first-order chi connectivity index (χ1) is 14.6. The highest BCUT2D eigenvalue weighted by atomic mass is 35.5. The van der Waals surface area contributed by atoms with Gasteiger partial charge in [0.2, 0.25) is 11.8 Å². The van der Waals surface area contributed by atoms with Crippen molar-refractivity contribution in [2.75, 3.05) is 19.0 Å². The minimum absolute atomic E-state index is 0.0154. The second kappa shape index (κ2) is 9.74. The molecule has 0 fully saturated rings. The van der Waals surface area contributed by atoms with E-state index in [1.54, 1.807) is 16.2 Å². The minimum Gasteiger partial charge on any atom is -0.331 e. The molecular formula is C25H33ClN2O2S. The lowest BCUT2D eigenvalue weighted by Gasteiger charge is -2.38. The molecule has 1 atom stereocenters. The summed E-state index contributed by atoms with van der Waals surface area (Å²) in [6.07, 6.45) is 1.10. The third-order valence-electron chi connectivity index (χ3n) is 5.94. The zero-order valence-corrected chi connectivity index (χ0v) is 20.7. The zero-order chi connectivity index (χ0) is 22.8. The first-order valence-corrected chi connectivity index (χ1v) is 12.4. The quantitative estimate of drug-likeness (QED) is 0.542. The molecule has 0 aliphatic carbocycles. The van der Waals surface area contributed by atoms with Crippen LogP contribution in [0.1, 0.15) is 68.6 Å². The molecule has 168 valence electrons. The number of nitrogens with zero attached hydrogens (tertiary/aromatic N) is 2. The summed E-state index contributed by atoms with van der Waals surface area (Å²) >= 11 is 7.54. The molecule has 4 nitrogen and oxygen atoms in total. The maximum absolute atomic E-state index is 13.5. The maximum Gasteiger partial charge on any atom is 0.243 e. The summed E-state index contributed by atoms with van der Waals surface area (Å²) in [5, 5.41) is 2.11. The Kier molecular flexibility index (Phi) is 7.48. The van der Waals surface area contributed by atoms with Gasteiger partial charge in [-0.2, -0.15) is 0 Å². The topological polar surface area (TPSA) is 40.6 Å². The average molecular weight is 461 g/mol. The Labute approximate surface area is 195 Å². The lowest BCUT2D eigenvalue weighted by atomic mass is 9.85. The molecule has 0 bridgehead atoms. The molecule has 1 aromatic carbocycles. The summed E-state index contributed by atoms with van der Waals surface area (Å²) in [5.41, 5.74) is 3.67. The number of alkyl halides is 1. The van der Waals surface area contributed by atoms with Crippen LogP contribution in [0.25, 0.3) is 0 Å². The van der Waals surface area contributed by atoms with Crippen molar-refractivity contribution in [3.63, 3.8) is 0 Å². The molecule has 2 aromatic rings. The van der Waals surface area contributed by atoms with Crippen LogP contribution in [-0.2, 0) is 21.4 Å². The summed E-state index contributed by atoms with van der Waals surface area (Å²) in [6, 6.07) is 10.6. The summed E-state index contributed by atoms with van der Waals surface area (Å²) in [7, 11) is 0. The standard InChI is InChI=1S/C25H33ClN2O2S/c1-17(2)28(22(29)10-13-26)16-23(30)27-14-11-21-20(12-15-31-21)24(27)18-6-8-19(9-7-18)25(3,4)5/h6-9,12,15,17,24H,10-11,13-14,16H2,1-5H3. The number of carbonyl (C=O) groups excluding carboxylic acids is 2. The van der Waals surface area contributed by atoms with Crippen LogP contribution in [0.15, 0.2) is 35.7 Å². The third kappa shape index (κ3) is 5.32. The van der Waals surface area contributed by atoms with Crippen LogP contribution in [0.4, 0.5) is 0 Å². The maximum atomic E-state index is 13.5. The number of halogens is 1. The van der Waals surface area contributed by atoms with Gasteiger partial charge in [-0.25, -0.2) is 0 Å². The molecule has 6 heteroatoms. The molecular weight excluding hydrogens is 428 g/mol. The van der Waals surface area contributed by atoms with Crippen LogP contribution in [0.3, 0.4) is 0 Å². The van der Waals surface area contributed by atoms with E-state index >= 15 is 0 Å². The molecule has 0 saturated heterocycles. The van der Waals surface area contributed by atoms with Crippen molar-refractivity contribution in [1.29, 1.82) is 0 Å². The van der Waals surface area contributed by atoms with Gasteiger partial charge in [0.15, 0.2) is 0 Å². The fraction of sp³-hybridized carbons (Fsp3) is 0.520. The molecule has 0 radical (unpaired) electrons. The lowest BCUT2D eigenvalue weighted by Crippen LogP contribution is -2.48. The van der Waals surface area contributed by atoms with Crippen LogP contribution < -0.4 is 0 Å². The first kappa shape index (κ1) is 23.8. The minimum atomic E-state index is -0.117. The Morgan fingerprint density at radius 2 is 1.87 bits per heavy atom. The van der Waals surface area contributed by atoms with Gasteiger partial charge < -0.3 is 9.80 Å². The van der Waals surface area contributed by atoms with E-state index in [-0.39, 0.29) is 48.2 Å². The second-order valence-electron chi connectivity index (χ2n) is 9.47. The fourth-order valence-electron chi connectivity index (χ4n) is 4.13. The molecule has 0 saturated carbocycles. The monoisotopic (exact) mass is 460 g/mol. The largest absolute Gasteiger partial charge is 0.331 e. The van der Waals surface area contributed by atoms with Crippen molar-refractivity contribution in [3.8, 4) is 0 Å². The fourth-order valence-corrected chi connectivity index (χ4v) is 5.20. The Morgan fingerprint density at radius 1 is 1.19 bits per heavy atom. The third-order valence-corrected chi connectivity index (χ3v) is 7.12. The summed E-state index contributed by atoms with van der Waals surface area (Å²) in [5.74, 6) is 0.178. The van der Waals surface area contributed by atoms with Gasteiger partial charge in [0.25, 0.3) is 0 Å². The van der Waals surface area contributed by atoms with Crippen molar-refractivity contribution in [3.05, 3.63) is 57.3 Å². The Hall–Kier alpha value is -1.85. The van der Waals surface area contributed by atoms with E-state index in [1.165, 1.54) is 16.0 Å². The van der Waals surface area contributed by atoms with Crippen LogP contribution in [0.2, 0.25) is 0 Å². The number of rotatable bonds is 6. The normalized spacial score (nSPS) is 16.4. The summed E-state index contributed by atoms with van der Waals surface area (Å²) in [4.78, 5) is 30.9. The van der Waals surface area contributed by atoms with Gasteiger partial charge in [-0.05, 0) is 53.8 Å². The molecule has 31 heavy (non-hydrogen) atoms. The van der Waals surface area contributed by atoms with Crippen molar-refractivity contribution in [2.24, 2.45) is 0 Å². The average Bonchev–Trinajstić information content (AvgIpc) is 3.19. The van der Waals surface area contributed by atoms with Crippen molar-refractivity contribution in [2.45, 2.75) is 65.0 Å². The smallest absolute Gasteiger partial charge is 0.243 e. The molecule has 1 aliphatic rings. The first-order valence-electron chi connectivity index (χ1n) is 10.9. The molecule has 0 N–H and O–H groups in total. The lowest BCUT2D eigenvalue weighted by molar-refractivity contribution is -0.143. The van der Waals surface area contributed by atoms with Gasteiger partial charge in [0.1, 0.15) is 6.54 Å². The van der Waals surface area contributed by atoms with E-state index in [2.05, 4.69) is 56.5 Å². The number of hydrogen-bond donors (Lipinski definition) is 0. The number of fused-ring (bicyclic) bond motifs is 1. The van der Waals surface area contributed by atoms with Gasteiger partial charge in [0.05, 0.1) is 6.04 Å². The number of thiophene rings is 1. The van der Waals surface area contributed by atoms with E-state index in [9.17, 15) is 9.59 Å². The molecule has 2 heterocycles. The Morgan fingerprint density at radius 3 is 2.45 bits per heavy atom. The summed E-state index contributed by atoms with van der Waals surface area (Å²) < 4.78 is 0. The van der Waals surface area contributed by atoms with Gasteiger partial charge in [-0.15, -0.1) is 22.9 Å². The molecule has 1 aliphatic heterocycles. The van der Waals surface area contributed by atoms with Gasteiger partial charge >= 0.3 is 0 Å². The molecule has 2 amide bonds. The second-order valence-corrected chi connectivity index (χ2v) is 10.8. The predicted molar refractivity (Wildman–Crippen MR) is 129 cm³/mol. The highest BCUT2D eigenvalue weighted by Crippen LogP contribution is 2.38. The van der Waals surface area contributed by atoms with Gasteiger partial charge in [0, 0.05) is 29.8 Å². The predicted octanol–water partition coefficient (Wildman–Crippen LogP) is 5.39. The highest BCUT2D eigenvalue weighted by Gasteiger charge is 2.34. The summed E-state index contributed by atoms with van der Waals surface area (Å²) in [6.45, 7) is 11.2. The van der Waals surface area contributed by atoms with Gasteiger partial charge in [-0.3, -0.25) is 9.59 Å². The van der Waals surface area contributed by atoms with Crippen LogP contribution in [0.5, 0.6) is 0 Å². The van der Waals surface area contributed by atoms with Crippen LogP contribution >= 0.6 is 22.9 Å². The van der Waals surface area contributed by atoms with E-state index in [4.69, 9.17) is 11.6 Å². The SMILES string of the molecule is CC(C)N(CC(=O)N1CCc2sccc2C1c1ccc(C(C)(C)C)cc1)C(=O)CCCl. The van der Waals surface area contributed by atoms with Crippen molar-refractivity contribution < 1.29 is 9.59 Å². The van der Waals surface area contributed by atoms with Crippen LogP contribution in [0, 0.1) is 0 Å². The van der Waals surface area contributed by atoms with E-state index in [1.807, 2.05) is 18.7 Å². The van der Waals surface area contributed by atoms with E-state index < -0.39 is 0 Å². The van der Waals surface area contributed by atoms with Crippen molar-refractivity contribution >= 4 is 34.8 Å².